The molecule has 2 aromatic rings. The number of benzene rings is 1. The molecule has 0 spiro atoms. The molecular weight excluding hydrogens is 283 g/mol. The van der Waals surface area contributed by atoms with E-state index in [-0.39, 0.29) is 0 Å². The Labute approximate surface area is 109 Å². The molecule has 0 saturated heterocycles. The fourth-order valence-corrected chi connectivity index (χ4v) is 1.41. The highest BCUT2D eigenvalue weighted by Gasteiger charge is 2.35. The van der Waals surface area contributed by atoms with Crippen LogP contribution < -0.4 is 10.5 Å². The van der Waals surface area contributed by atoms with Gasteiger partial charge in [-0.05, 0) is 12.1 Å². The molecule has 3 nitrogen and oxygen atoms in total. The fraction of sp³-hybridized carbons (Fsp3) is 0.0833. The molecule has 2 rings (SSSR count). The van der Waals surface area contributed by atoms with E-state index in [0.29, 0.717) is 18.2 Å². The first kappa shape index (κ1) is 14.0. The summed E-state index contributed by atoms with van der Waals surface area (Å²) in [5.74, 6) is -3.71. The Hall–Kier alpha value is -2.38. The Morgan fingerprint density at radius 3 is 2.45 bits per heavy atom. The second kappa shape index (κ2) is 4.95. The molecule has 106 valence electrons. The van der Waals surface area contributed by atoms with Crippen molar-refractivity contribution in [3.63, 3.8) is 0 Å². The summed E-state index contributed by atoms with van der Waals surface area (Å²) < 4.78 is 69.4. The molecule has 0 atom stereocenters. The summed E-state index contributed by atoms with van der Waals surface area (Å²) in [6.07, 6.45) is -3.69. The van der Waals surface area contributed by atoms with Crippen molar-refractivity contribution in [3.05, 3.63) is 47.7 Å². The van der Waals surface area contributed by atoms with Gasteiger partial charge in [0.1, 0.15) is 11.4 Å². The van der Waals surface area contributed by atoms with Crippen molar-refractivity contribution in [2.45, 2.75) is 6.18 Å². The summed E-state index contributed by atoms with van der Waals surface area (Å²) in [5, 5.41) is 0. The smallest absolute Gasteiger partial charge is 0.421 e. The van der Waals surface area contributed by atoms with E-state index < -0.39 is 40.7 Å². The first-order valence-electron chi connectivity index (χ1n) is 5.23. The van der Waals surface area contributed by atoms with Crippen LogP contribution in [0.2, 0.25) is 0 Å². The van der Waals surface area contributed by atoms with E-state index in [1.165, 1.54) is 0 Å². The van der Waals surface area contributed by atoms with E-state index in [0.717, 1.165) is 12.3 Å². The van der Waals surface area contributed by atoms with Crippen molar-refractivity contribution in [2.24, 2.45) is 0 Å². The highest BCUT2D eigenvalue weighted by atomic mass is 19.4. The Morgan fingerprint density at radius 1 is 1.10 bits per heavy atom. The lowest BCUT2D eigenvalue weighted by Gasteiger charge is -2.12. The quantitative estimate of drug-likeness (QED) is 0.677. The van der Waals surface area contributed by atoms with Crippen molar-refractivity contribution in [1.29, 1.82) is 0 Å². The average molecular weight is 290 g/mol. The molecule has 0 aliphatic rings. The standard InChI is InChI=1S/C12H7F5N2O/c13-7-5-10(8(14)4-9(7)18)20-11-6(12(15,16)17)2-1-3-19-11/h1-5H,18H2. The number of anilines is 1. The lowest BCUT2D eigenvalue weighted by Crippen LogP contribution is -2.08. The minimum Gasteiger partial charge on any atom is -0.435 e. The zero-order chi connectivity index (χ0) is 14.9. The van der Waals surface area contributed by atoms with E-state index in [4.69, 9.17) is 10.5 Å². The molecule has 0 fully saturated rings. The summed E-state index contributed by atoms with van der Waals surface area (Å²) in [5.41, 5.74) is 3.44. The van der Waals surface area contributed by atoms with Crippen LogP contribution in [-0.4, -0.2) is 4.98 Å². The summed E-state index contributed by atoms with van der Waals surface area (Å²) in [6.45, 7) is 0. The van der Waals surface area contributed by atoms with Gasteiger partial charge in [-0.25, -0.2) is 13.8 Å². The maximum absolute atomic E-state index is 13.5. The largest absolute Gasteiger partial charge is 0.435 e. The lowest BCUT2D eigenvalue weighted by molar-refractivity contribution is -0.138. The van der Waals surface area contributed by atoms with Crippen LogP contribution in [0.4, 0.5) is 27.6 Å². The van der Waals surface area contributed by atoms with Crippen LogP contribution >= 0.6 is 0 Å². The van der Waals surface area contributed by atoms with E-state index in [1.54, 1.807) is 0 Å². The summed E-state index contributed by atoms with van der Waals surface area (Å²) in [6, 6.07) is 2.93. The van der Waals surface area contributed by atoms with Crippen LogP contribution in [0.5, 0.6) is 11.6 Å². The highest BCUT2D eigenvalue weighted by molar-refractivity contribution is 5.46. The number of rotatable bonds is 2. The SMILES string of the molecule is Nc1cc(F)c(Oc2ncccc2C(F)(F)F)cc1F. The van der Waals surface area contributed by atoms with Crippen LogP contribution in [0.3, 0.4) is 0 Å². The Kier molecular flexibility index (Phi) is 3.47. The van der Waals surface area contributed by atoms with Crippen molar-refractivity contribution >= 4 is 5.69 Å². The molecule has 20 heavy (non-hydrogen) atoms. The third-order valence-electron chi connectivity index (χ3n) is 2.33. The number of ether oxygens (including phenoxy) is 1. The number of hydrogen-bond acceptors (Lipinski definition) is 3. The van der Waals surface area contributed by atoms with E-state index in [9.17, 15) is 22.0 Å². The van der Waals surface area contributed by atoms with Crippen LogP contribution in [0.1, 0.15) is 5.56 Å². The Bertz CT molecular complexity index is 642. The number of nitrogen functional groups attached to an aromatic ring is 1. The summed E-state index contributed by atoms with van der Waals surface area (Å²) in [4.78, 5) is 3.37. The third-order valence-corrected chi connectivity index (χ3v) is 2.33. The maximum Gasteiger partial charge on any atom is 0.421 e. The van der Waals surface area contributed by atoms with Gasteiger partial charge in [0, 0.05) is 18.3 Å². The van der Waals surface area contributed by atoms with Gasteiger partial charge >= 0.3 is 6.18 Å². The Morgan fingerprint density at radius 2 is 1.80 bits per heavy atom. The van der Waals surface area contributed by atoms with Gasteiger partial charge in [-0.2, -0.15) is 13.2 Å². The summed E-state index contributed by atoms with van der Waals surface area (Å²) >= 11 is 0. The van der Waals surface area contributed by atoms with E-state index in [2.05, 4.69) is 4.98 Å². The van der Waals surface area contributed by atoms with Crippen molar-refractivity contribution < 1.29 is 26.7 Å². The van der Waals surface area contributed by atoms with Crippen LogP contribution in [-0.2, 0) is 6.18 Å². The van der Waals surface area contributed by atoms with Gasteiger partial charge in [0.15, 0.2) is 11.6 Å². The molecule has 0 aliphatic carbocycles. The monoisotopic (exact) mass is 290 g/mol. The van der Waals surface area contributed by atoms with Gasteiger partial charge in [-0.1, -0.05) is 0 Å². The van der Waals surface area contributed by atoms with E-state index in [1.807, 2.05) is 0 Å². The number of aromatic nitrogens is 1. The van der Waals surface area contributed by atoms with Gasteiger partial charge in [0.05, 0.1) is 5.69 Å². The number of nitrogens with zero attached hydrogens (tertiary/aromatic N) is 1. The molecule has 1 aromatic heterocycles. The molecule has 2 N–H and O–H groups in total. The number of nitrogens with two attached hydrogens (primary N) is 1. The normalized spacial score (nSPS) is 11.4. The maximum atomic E-state index is 13.5. The molecule has 0 unspecified atom stereocenters. The summed E-state index contributed by atoms with van der Waals surface area (Å²) in [7, 11) is 0. The van der Waals surface area contributed by atoms with E-state index >= 15 is 0 Å². The van der Waals surface area contributed by atoms with Crippen LogP contribution in [0.15, 0.2) is 30.5 Å². The minimum atomic E-state index is -4.73. The molecule has 8 heteroatoms. The molecule has 0 saturated carbocycles. The zero-order valence-electron chi connectivity index (χ0n) is 9.71. The molecule has 0 radical (unpaired) electrons. The average Bonchev–Trinajstić information content (AvgIpc) is 2.35. The predicted molar refractivity (Wildman–Crippen MR) is 60.1 cm³/mol. The van der Waals surface area contributed by atoms with Gasteiger partial charge < -0.3 is 10.5 Å². The second-order valence-electron chi connectivity index (χ2n) is 3.76. The highest BCUT2D eigenvalue weighted by Crippen LogP contribution is 2.37. The first-order valence-corrected chi connectivity index (χ1v) is 5.23. The molecular formula is C12H7F5N2O. The molecule has 0 bridgehead atoms. The molecule has 0 aliphatic heterocycles. The predicted octanol–water partition coefficient (Wildman–Crippen LogP) is 3.75. The van der Waals surface area contributed by atoms with Gasteiger partial charge in [-0.15, -0.1) is 0 Å². The van der Waals surface area contributed by atoms with Crippen molar-refractivity contribution in [2.75, 3.05) is 5.73 Å². The van der Waals surface area contributed by atoms with Gasteiger partial charge in [0.25, 0.3) is 0 Å². The second-order valence-corrected chi connectivity index (χ2v) is 3.76. The van der Waals surface area contributed by atoms with Crippen LogP contribution in [0, 0.1) is 11.6 Å². The Balaban J connectivity index is 2.43. The molecule has 0 amide bonds. The zero-order valence-corrected chi connectivity index (χ0v) is 9.71. The first-order chi connectivity index (χ1) is 9.29. The topological polar surface area (TPSA) is 48.1 Å². The molecule has 1 heterocycles. The van der Waals surface area contributed by atoms with Crippen molar-refractivity contribution in [1.82, 2.24) is 4.98 Å². The van der Waals surface area contributed by atoms with Gasteiger partial charge in [0.2, 0.25) is 5.88 Å². The fourth-order valence-electron chi connectivity index (χ4n) is 1.41. The molecule has 1 aromatic carbocycles. The van der Waals surface area contributed by atoms with Gasteiger partial charge in [-0.3, -0.25) is 0 Å². The number of pyridine rings is 1. The van der Waals surface area contributed by atoms with Crippen molar-refractivity contribution in [3.8, 4) is 11.6 Å². The number of alkyl halides is 3. The number of hydrogen-bond donors (Lipinski definition) is 1. The van der Waals surface area contributed by atoms with Crippen LogP contribution in [0.25, 0.3) is 0 Å². The number of halogens is 5. The lowest BCUT2D eigenvalue weighted by atomic mass is 10.2. The minimum absolute atomic E-state index is 0.480. The third kappa shape index (κ3) is 2.79.